The molecule has 0 saturated heterocycles. The van der Waals surface area contributed by atoms with Crippen LogP contribution in [0.15, 0.2) is 0 Å². The summed E-state index contributed by atoms with van der Waals surface area (Å²) in [4.78, 5) is 27.7. The van der Waals surface area contributed by atoms with Gasteiger partial charge in [-0.25, -0.2) is 4.57 Å². The summed E-state index contributed by atoms with van der Waals surface area (Å²) < 4.78 is 19.1. The van der Waals surface area contributed by atoms with Crippen molar-refractivity contribution >= 4 is 13.8 Å². The first-order chi connectivity index (χ1) is 7.45. The highest BCUT2D eigenvalue weighted by molar-refractivity contribution is 7.46. The topological polar surface area (TPSA) is 93.1 Å². The van der Waals surface area contributed by atoms with Crippen LogP contribution >= 0.6 is 7.82 Å². The van der Waals surface area contributed by atoms with Crippen molar-refractivity contribution in [3.8, 4) is 0 Å². The summed E-state index contributed by atoms with van der Waals surface area (Å²) in [6, 6.07) is 0. The SMILES string of the molecule is CCCCCCC(=O)OCCOP(=O)(O)O. The van der Waals surface area contributed by atoms with Gasteiger partial charge in [-0.2, -0.15) is 0 Å². The molecule has 0 amide bonds. The molecule has 0 heterocycles. The van der Waals surface area contributed by atoms with Crippen molar-refractivity contribution < 1.29 is 28.4 Å². The number of carbonyl (C=O) groups excluding carboxylic acids is 1. The highest BCUT2D eigenvalue weighted by Crippen LogP contribution is 2.35. The van der Waals surface area contributed by atoms with E-state index in [9.17, 15) is 9.36 Å². The van der Waals surface area contributed by atoms with E-state index >= 15 is 0 Å². The van der Waals surface area contributed by atoms with E-state index in [1.807, 2.05) is 0 Å². The minimum atomic E-state index is -4.45. The van der Waals surface area contributed by atoms with Crippen molar-refractivity contribution in [1.29, 1.82) is 0 Å². The van der Waals surface area contributed by atoms with Gasteiger partial charge in [0.15, 0.2) is 0 Å². The molecule has 0 unspecified atom stereocenters. The second-order valence-electron chi connectivity index (χ2n) is 3.35. The van der Waals surface area contributed by atoms with Crippen molar-refractivity contribution in [3.05, 3.63) is 0 Å². The van der Waals surface area contributed by atoms with E-state index in [4.69, 9.17) is 14.5 Å². The molecular weight excluding hydrogens is 235 g/mol. The zero-order valence-electron chi connectivity index (χ0n) is 9.42. The maximum Gasteiger partial charge on any atom is 0.469 e. The van der Waals surface area contributed by atoms with Gasteiger partial charge in [0.2, 0.25) is 0 Å². The van der Waals surface area contributed by atoms with Crippen LogP contribution in [0.2, 0.25) is 0 Å². The maximum atomic E-state index is 11.1. The van der Waals surface area contributed by atoms with Gasteiger partial charge < -0.3 is 14.5 Å². The lowest BCUT2D eigenvalue weighted by Gasteiger charge is -2.06. The van der Waals surface area contributed by atoms with Gasteiger partial charge in [0.1, 0.15) is 6.61 Å². The maximum absolute atomic E-state index is 11.1. The Kier molecular flexibility index (Phi) is 8.47. The number of phosphoric ester groups is 1. The van der Waals surface area contributed by atoms with Crippen LogP contribution in [0.4, 0.5) is 0 Å². The summed E-state index contributed by atoms with van der Waals surface area (Å²) in [6.07, 6.45) is 4.31. The van der Waals surface area contributed by atoms with Gasteiger partial charge >= 0.3 is 13.8 Å². The van der Waals surface area contributed by atoms with Gasteiger partial charge in [-0.15, -0.1) is 0 Å². The molecule has 0 saturated carbocycles. The lowest BCUT2D eigenvalue weighted by Crippen LogP contribution is -2.09. The number of unbranched alkanes of at least 4 members (excludes halogenated alkanes) is 3. The molecule has 96 valence electrons. The number of hydrogen-bond donors (Lipinski definition) is 2. The van der Waals surface area contributed by atoms with Crippen LogP contribution in [0.5, 0.6) is 0 Å². The Balaban J connectivity index is 3.34. The van der Waals surface area contributed by atoms with Gasteiger partial charge in [0.25, 0.3) is 0 Å². The van der Waals surface area contributed by atoms with Gasteiger partial charge in [-0.1, -0.05) is 26.2 Å². The molecule has 0 aromatic carbocycles. The van der Waals surface area contributed by atoms with E-state index in [0.29, 0.717) is 6.42 Å². The largest absolute Gasteiger partial charge is 0.469 e. The molecule has 0 radical (unpaired) electrons. The van der Waals surface area contributed by atoms with E-state index < -0.39 is 7.82 Å². The molecule has 0 spiro atoms. The molecular formula is C9H19O6P. The van der Waals surface area contributed by atoms with Crippen LogP contribution in [-0.2, 0) is 18.6 Å². The predicted molar refractivity (Wildman–Crippen MR) is 57.7 cm³/mol. The van der Waals surface area contributed by atoms with Crippen molar-refractivity contribution in [2.45, 2.75) is 39.0 Å². The van der Waals surface area contributed by atoms with Crippen molar-refractivity contribution in [1.82, 2.24) is 0 Å². The van der Waals surface area contributed by atoms with Crippen LogP contribution in [-0.4, -0.2) is 29.0 Å². The standard InChI is InChI=1S/C9H19O6P/c1-2-3-4-5-6-9(10)14-7-8-15-16(11,12)13/h2-8H2,1H3,(H2,11,12,13). The number of phosphoric acid groups is 1. The Morgan fingerprint density at radius 1 is 1.19 bits per heavy atom. The van der Waals surface area contributed by atoms with Gasteiger partial charge in [-0.3, -0.25) is 9.32 Å². The molecule has 6 nitrogen and oxygen atoms in total. The fourth-order valence-corrected chi connectivity index (χ4v) is 1.39. The highest BCUT2D eigenvalue weighted by Gasteiger charge is 2.13. The minimum Gasteiger partial charge on any atom is -0.463 e. The number of carbonyl (C=O) groups is 1. The van der Waals surface area contributed by atoms with Crippen LogP contribution in [0, 0.1) is 0 Å². The third kappa shape index (κ3) is 11.7. The molecule has 0 aromatic heterocycles. The molecule has 0 rings (SSSR count). The minimum absolute atomic E-state index is 0.127. The second-order valence-corrected chi connectivity index (χ2v) is 4.59. The highest BCUT2D eigenvalue weighted by atomic mass is 31.2. The summed E-state index contributed by atoms with van der Waals surface area (Å²) in [5, 5.41) is 0. The lowest BCUT2D eigenvalue weighted by atomic mass is 10.2. The molecule has 0 aliphatic carbocycles. The summed E-state index contributed by atoms with van der Waals surface area (Å²) in [5.74, 6) is -0.356. The fraction of sp³-hybridized carbons (Fsp3) is 0.889. The summed E-state index contributed by atoms with van der Waals surface area (Å²) in [7, 11) is -4.45. The first-order valence-corrected chi connectivity index (χ1v) is 6.84. The third-order valence-corrected chi connectivity index (χ3v) is 2.36. The number of ether oxygens (including phenoxy) is 1. The quantitative estimate of drug-likeness (QED) is 0.369. The van der Waals surface area contributed by atoms with Gasteiger partial charge in [0, 0.05) is 6.42 Å². The van der Waals surface area contributed by atoms with Crippen LogP contribution in [0.25, 0.3) is 0 Å². The Labute approximate surface area is 95.2 Å². The van der Waals surface area contributed by atoms with Gasteiger partial charge in [0.05, 0.1) is 6.61 Å². The predicted octanol–water partition coefficient (Wildman–Crippen LogP) is 1.61. The lowest BCUT2D eigenvalue weighted by molar-refractivity contribution is -0.144. The summed E-state index contributed by atoms with van der Waals surface area (Å²) in [6.45, 7) is 1.67. The first kappa shape index (κ1) is 15.6. The molecule has 0 atom stereocenters. The summed E-state index contributed by atoms with van der Waals surface area (Å²) in [5.41, 5.74) is 0. The van der Waals surface area contributed by atoms with E-state index in [1.54, 1.807) is 0 Å². The van der Waals surface area contributed by atoms with Crippen LogP contribution in [0.1, 0.15) is 39.0 Å². The Morgan fingerprint density at radius 3 is 2.44 bits per heavy atom. The fourth-order valence-electron chi connectivity index (χ4n) is 1.08. The zero-order chi connectivity index (χ0) is 12.4. The molecule has 0 aromatic rings. The molecule has 0 fully saturated rings. The van der Waals surface area contributed by atoms with E-state index in [2.05, 4.69) is 11.4 Å². The third-order valence-electron chi connectivity index (χ3n) is 1.84. The summed E-state index contributed by atoms with van der Waals surface area (Å²) >= 11 is 0. The first-order valence-electron chi connectivity index (χ1n) is 5.31. The van der Waals surface area contributed by atoms with Crippen molar-refractivity contribution in [2.24, 2.45) is 0 Å². The molecule has 16 heavy (non-hydrogen) atoms. The smallest absolute Gasteiger partial charge is 0.463 e. The Morgan fingerprint density at radius 2 is 1.88 bits per heavy atom. The monoisotopic (exact) mass is 254 g/mol. The Hall–Kier alpha value is -0.420. The molecule has 0 bridgehead atoms. The van der Waals surface area contributed by atoms with E-state index in [-0.39, 0.29) is 19.2 Å². The van der Waals surface area contributed by atoms with Crippen molar-refractivity contribution in [2.75, 3.05) is 13.2 Å². The average Bonchev–Trinajstić information content (AvgIpc) is 2.18. The number of esters is 1. The molecule has 0 aliphatic rings. The second kappa shape index (κ2) is 8.70. The average molecular weight is 254 g/mol. The van der Waals surface area contributed by atoms with Crippen molar-refractivity contribution in [3.63, 3.8) is 0 Å². The van der Waals surface area contributed by atoms with Crippen LogP contribution in [0.3, 0.4) is 0 Å². The Bertz CT molecular complexity index is 236. The molecule has 2 N–H and O–H groups in total. The van der Waals surface area contributed by atoms with Gasteiger partial charge in [-0.05, 0) is 6.42 Å². The van der Waals surface area contributed by atoms with E-state index in [0.717, 1.165) is 25.7 Å². The zero-order valence-corrected chi connectivity index (χ0v) is 10.3. The normalized spacial score (nSPS) is 11.4. The number of hydrogen-bond acceptors (Lipinski definition) is 4. The van der Waals surface area contributed by atoms with Crippen LogP contribution < -0.4 is 0 Å². The molecule has 7 heteroatoms. The number of rotatable bonds is 9. The van der Waals surface area contributed by atoms with E-state index in [1.165, 1.54) is 0 Å². The molecule has 0 aliphatic heterocycles.